The first-order chi connectivity index (χ1) is 13.5. The van der Waals surface area contributed by atoms with E-state index in [2.05, 4.69) is 9.98 Å². The molecule has 1 unspecified atom stereocenters. The molecule has 0 fully saturated rings. The predicted octanol–water partition coefficient (Wildman–Crippen LogP) is 4.25. The number of carbonyl (C=O) groups excluding carboxylic acids is 1. The number of hydrogen-bond acceptors (Lipinski definition) is 6. The zero-order chi connectivity index (χ0) is 20.5. The van der Waals surface area contributed by atoms with Crippen LogP contribution >= 0.6 is 0 Å². The van der Waals surface area contributed by atoms with Gasteiger partial charge in [0, 0.05) is 26.0 Å². The monoisotopic (exact) mass is 380 g/mol. The van der Waals surface area contributed by atoms with E-state index in [1.165, 1.54) is 19.2 Å². The number of benzene rings is 2. The third kappa shape index (κ3) is 5.59. The number of ether oxygens (including phenoxy) is 1. The summed E-state index contributed by atoms with van der Waals surface area (Å²) in [6.45, 7) is 1.76. The standard InChI is InChI=1S/C21H21FN4O2/c1-14-8-9-17(16(22)12-14)25-13-19(28-2)21(27)20(24)18(10-11-23)26-15-6-4-3-5-7-15/h3-9,11-13,19,23-24H,10H2,1-2H3. The molecule has 0 radical (unpaired) electrons. The number of rotatable bonds is 9. The van der Waals surface area contributed by atoms with Gasteiger partial charge in [-0.05, 0) is 36.8 Å². The summed E-state index contributed by atoms with van der Waals surface area (Å²) < 4.78 is 19.0. The van der Waals surface area contributed by atoms with Crippen molar-refractivity contribution in [3.63, 3.8) is 0 Å². The van der Waals surface area contributed by atoms with Gasteiger partial charge in [0.2, 0.25) is 5.78 Å². The van der Waals surface area contributed by atoms with Gasteiger partial charge in [-0.25, -0.2) is 4.39 Å². The maximum atomic E-state index is 13.9. The van der Waals surface area contributed by atoms with Crippen molar-refractivity contribution in [3.05, 3.63) is 59.9 Å². The summed E-state index contributed by atoms with van der Waals surface area (Å²) in [6.07, 6.45) is 1.09. The van der Waals surface area contributed by atoms with Crippen molar-refractivity contribution in [2.45, 2.75) is 19.4 Å². The molecule has 6 nitrogen and oxygen atoms in total. The Morgan fingerprint density at radius 2 is 1.96 bits per heavy atom. The zero-order valence-corrected chi connectivity index (χ0v) is 15.6. The van der Waals surface area contributed by atoms with Gasteiger partial charge in [-0.1, -0.05) is 24.3 Å². The summed E-state index contributed by atoms with van der Waals surface area (Å²) in [5.74, 6) is -1.18. The van der Waals surface area contributed by atoms with Crippen LogP contribution in [0, 0.1) is 23.6 Å². The Morgan fingerprint density at radius 3 is 2.57 bits per heavy atom. The topological polar surface area (TPSA) is 98.7 Å². The fraction of sp³-hybridized carbons (Fsp3) is 0.190. The third-order valence-electron chi connectivity index (χ3n) is 3.82. The molecule has 0 bridgehead atoms. The SMILES string of the molecule is COC(C=Nc1ccc(C)cc1F)C(=O)C(=N)C(CC=N)=Nc1ccccc1. The number of aryl methyl sites for hydroxylation is 1. The van der Waals surface area contributed by atoms with Gasteiger partial charge in [0.25, 0.3) is 0 Å². The van der Waals surface area contributed by atoms with E-state index in [0.717, 1.165) is 18.0 Å². The molecule has 2 rings (SSSR count). The Morgan fingerprint density at radius 1 is 1.25 bits per heavy atom. The molecule has 0 aromatic heterocycles. The fourth-order valence-corrected chi connectivity index (χ4v) is 2.34. The molecule has 7 heteroatoms. The summed E-state index contributed by atoms with van der Waals surface area (Å²) in [6, 6.07) is 13.4. The van der Waals surface area contributed by atoms with Crippen LogP contribution in [-0.2, 0) is 9.53 Å². The van der Waals surface area contributed by atoms with Crippen LogP contribution in [0.25, 0.3) is 0 Å². The number of hydrogen-bond donors (Lipinski definition) is 2. The number of nitrogens with one attached hydrogen (secondary N) is 2. The van der Waals surface area contributed by atoms with Gasteiger partial charge in [-0.15, -0.1) is 0 Å². The normalized spacial score (nSPS) is 12.8. The van der Waals surface area contributed by atoms with E-state index in [4.69, 9.17) is 15.6 Å². The molecule has 0 aliphatic heterocycles. The molecule has 2 aromatic rings. The Hall–Kier alpha value is -3.32. The van der Waals surface area contributed by atoms with E-state index in [-0.39, 0.29) is 23.5 Å². The Balaban J connectivity index is 2.24. The first-order valence-corrected chi connectivity index (χ1v) is 8.54. The van der Waals surface area contributed by atoms with Crippen molar-refractivity contribution in [1.82, 2.24) is 0 Å². The molecule has 0 spiro atoms. The number of ketones is 1. The minimum absolute atomic E-state index is 0.0274. The molecular weight excluding hydrogens is 359 g/mol. The summed E-state index contributed by atoms with van der Waals surface area (Å²) >= 11 is 0. The van der Waals surface area contributed by atoms with E-state index >= 15 is 0 Å². The number of Topliss-reactive ketones (excluding diaryl/α,β-unsaturated/α-hetero) is 1. The van der Waals surface area contributed by atoms with E-state index in [1.54, 1.807) is 37.3 Å². The zero-order valence-electron chi connectivity index (χ0n) is 15.6. The van der Waals surface area contributed by atoms with Gasteiger partial charge in [0.15, 0.2) is 6.10 Å². The second-order valence-corrected chi connectivity index (χ2v) is 5.93. The second-order valence-electron chi connectivity index (χ2n) is 5.93. The largest absolute Gasteiger partial charge is 0.367 e. The lowest BCUT2D eigenvalue weighted by atomic mass is 10.0. The van der Waals surface area contributed by atoms with E-state index < -0.39 is 17.7 Å². The lowest BCUT2D eigenvalue weighted by Crippen LogP contribution is -2.35. The maximum Gasteiger partial charge on any atom is 0.216 e. The van der Waals surface area contributed by atoms with Crippen molar-refractivity contribution in [1.29, 1.82) is 10.8 Å². The molecule has 2 N–H and O–H groups in total. The Bertz CT molecular complexity index is 923. The maximum absolute atomic E-state index is 13.9. The quantitative estimate of drug-likeness (QED) is 0.636. The Labute approximate surface area is 162 Å². The van der Waals surface area contributed by atoms with Crippen LogP contribution in [-0.4, -0.2) is 42.8 Å². The average molecular weight is 380 g/mol. The van der Waals surface area contributed by atoms with Crippen LogP contribution in [0.5, 0.6) is 0 Å². The first-order valence-electron chi connectivity index (χ1n) is 8.54. The number of carbonyl (C=O) groups is 1. The highest BCUT2D eigenvalue weighted by Crippen LogP contribution is 2.18. The van der Waals surface area contributed by atoms with E-state index in [0.29, 0.717) is 5.69 Å². The van der Waals surface area contributed by atoms with E-state index in [9.17, 15) is 9.18 Å². The van der Waals surface area contributed by atoms with Gasteiger partial charge in [0.05, 0.1) is 17.1 Å². The lowest BCUT2D eigenvalue weighted by molar-refractivity contribution is -0.118. The summed E-state index contributed by atoms with van der Waals surface area (Å²) in [5, 5.41) is 15.5. The molecule has 0 amide bonds. The molecule has 0 aliphatic carbocycles. The average Bonchev–Trinajstić information content (AvgIpc) is 2.69. The summed E-state index contributed by atoms with van der Waals surface area (Å²) in [4.78, 5) is 20.9. The van der Waals surface area contributed by atoms with E-state index in [1.807, 2.05) is 6.07 Å². The van der Waals surface area contributed by atoms with Crippen LogP contribution in [0.3, 0.4) is 0 Å². The highest BCUT2D eigenvalue weighted by Gasteiger charge is 2.24. The highest BCUT2D eigenvalue weighted by molar-refractivity contribution is 6.69. The number of para-hydroxylation sites is 1. The second kappa shape index (κ2) is 10.1. The van der Waals surface area contributed by atoms with Gasteiger partial charge >= 0.3 is 0 Å². The molecule has 2 aromatic carbocycles. The van der Waals surface area contributed by atoms with Gasteiger partial charge in [-0.2, -0.15) is 0 Å². The number of aliphatic imine (C=N–C) groups is 2. The molecule has 0 saturated carbocycles. The van der Waals surface area contributed by atoms with Crippen molar-refractivity contribution in [3.8, 4) is 0 Å². The van der Waals surface area contributed by atoms with Gasteiger partial charge in [0.1, 0.15) is 11.5 Å². The summed E-state index contributed by atoms with van der Waals surface area (Å²) in [7, 11) is 1.30. The smallest absolute Gasteiger partial charge is 0.216 e. The molecule has 144 valence electrons. The van der Waals surface area contributed by atoms with Crippen molar-refractivity contribution in [2.75, 3.05) is 7.11 Å². The summed E-state index contributed by atoms with van der Waals surface area (Å²) in [5.41, 5.74) is 1.16. The molecule has 1 atom stereocenters. The van der Waals surface area contributed by atoms with Crippen LogP contribution in [0.15, 0.2) is 58.5 Å². The Kier molecular flexibility index (Phi) is 7.59. The van der Waals surface area contributed by atoms with Gasteiger partial charge < -0.3 is 10.1 Å². The van der Waals surface area contributed by atoms with Crippen molar-refractivity contribution < 1.29 is 13.9 Å². The van der Waals surface area contributed by atoms with Crippen LogP contribution in [0.2, 0.25) is 0 Å². The number of nitrogens with zero attached hydrogens (tertiary/aromatic N) is 2. The molecule has 0 saturated heterocycles. The van der Waals surface area contributed by atoms with Crippen LogP contribution in [0.4, 0.5) is 15.8 Å². The minimum Gasteiger partial charge on any atom is -0.367 e. The fourth-order valence-electron chi connectivity index (χ4n) is 2.34. The molecule has 28 heavy (non-hydrogen) atoms. The lowest BCUT2D eigenvalue weighted by Gasteiger charge is -2.11. The molecule has 0 aliphatic rings. The minimum atomic E-state index is -1.17. The molecule has 0 heterocycles. The number of halogens is 1. The highest BCUT2D eigenvalue weighted by atomic mass is 19.1. The van der Waals surface area contributed by atoms with Crippen LogP contribution < -0.4 is 0 Å². The van der Waals surface area contributed by atoms with Crippen molar-refractivity contribution >= 4 is 41.0 Å². The first kappa shape index (κ1) is 21.0. The van der Waals surface area contributed by atoms with Crippen molar-refractivity contribution in [2.24, 2.45) is 9.98 Å². The van der Waals surface area contributed by atoms with Crippen LogP contribution in [0.1, 0.15) is 12.0 Å². The van der Waals surface area contributed by atoms with Gasteiger partial charge in [-0.3, -0.25) is 20.2 Å². The number of methoxy groups -OCH3 is 1. The third-order valence-corrected chi connectivity index (χ3v) is 3.82. The molecular formula is C21H21FN4O2. The predicted molar refractivity (Wildman–Crippen MR) is 110 cm³/mol.